The second kappa shape index (κ2) is 5.66. The summed E-state index contributed by atoms with van der Waals surface area (Å²) in [6.07, 6.45) is 6.01. The van der Waals surface area contributed by atoms with Crippen molar-refractivity contribution >= 4 is 33.3 Å². The van der Waals surface area contributed by atoms with Crippen LogP contribution in [0.3, 0.4) is 0 Å². The summed E-state index contributed by atoms with van der Waals surface area (Å²) in [7, 11) is 2.17. The summed E-state index contributed by atoms with van der Waals surface area (Å²) in [5.74, 6) is 2.51. The number of H-pyrrole nitrogens is 1. The number of nitrogens with one attached hydrogen (secondary N) is 1. The van der Waals surface area contributed by atoms with Crippen molar-refractivity contribution in [3.05, 3.63) is 23.6 Å². The van der Waals surface area contributed by atoms with Crippen molar-refractivity contribution in [2.24, 2.45) is 11.8 Å². The lowest BCUT2D eigenvalue weighted by Gasteiger charge is -2.27. The SMILES string of the molecule is Cc1nnc(N2C[C@H]3C[C@@H](N(C)c4ncnc5[nH]ccc45)C[C@H]3C2)s1. The molecule has 2 fully saturated rings. The predicted octanol–water partition coefficient (Wildman–Crippen LogP) is 2.47. The molecule has 130 valence electrons. The molecule has 0 unspecified atom stereocenters. The first-order valence-electron chi connectivity index (χ1n) is 8.75. The lowest BCUT2D eigenvalue weighted by molar-refractivity contribution is 0.494. The minimum absolute atomic E-state index is 0.543. The second-order valence-electron chi connectivity index (χ2n) is 7.20. The number of rotatable bonds is 3. The van der Waals surface area contributed by atoms with Gasteiger partial charge in [-0.05, 0) is 37.7 Å². The first-order valence-corrected chi connectivity index (χ1v) is 9.56. The quantitative estimate of drug-likeness (QED) is 0.778. The zero-order valence-corrected chi connectivity index (χ0v) is 15.2. The number of fused-ring (bicyclic) bond motifs is 2. The molecule has 2 aliphatic rings. The molecule has 0 amide bonds. The van der Waals surface area contributed by atoms with Gasteiger partial charge in [0.05, 0.1) is 5.39 Å². The smallest absolute Gasteiger partial charge is 0.208 e. The summed E-state index contributed by atoms with van der Waals surface area (Å²) in [4.78, 5) is 16.8. The molecule has 0 spiro atoms. The molecule has 1 saturated heterocycles. The average molecular weight is 355 g/mol. The summed E-state index contributed by atoms with van der Waals surface area (Å²) in [5, 5.41) is 11.7. The fraction of sp³-hybridized carbons (Fsp3) is 0.529. The second-order valence-corrected chi connectivity index (χ2v) is 8.36. The van der Waals surface area contributed by atoms with E-state index in [0.717, 1.165) is 51.9 Å². The summed E-state index contributed by atoms with van der Waals surface area (Å²) in [6.45, 7) is 4.23. The van der Waals surface area contributed by atoms with Crippen LogP contribution in [0, 0.1) is 18.8 Å². The molecular weight excluding hydrogens is 334 g/mol. The van der Waals surface area contributed by atoms with Crippen LogP contribution in [-0.4, -0.2) is 51.3 Å². The van der Waals surface area contributed by atoms with Crippen LogP contribution in [0.4, 0.5) is 10.9 Å². The third kappa shape index (κ3) is 2.47. The topological polar surface area (TPSA) is 73.8 Å². The van der Waals surface area contributed by atoms with Gasteiger partial charge in [0, 0.05) is 32.4 Å². The van der Waals surface area contributed by atoms with Crippen molar-refractivity contribution in [1.29, 1.82) is 0 Å². The Morgan fingerprint density at radius 1 is 1.20 bits per heavy atom. The molecule has 0 bridgehead atoms. The van der Waals surface area contributed by atoms with Crippen molar-refractivity contribution in [3.8, 4) is 0 Å². The highest BCUT2D eigenvalue weighted by molar-refractivity contribution is 7.15. The Morgan fingerprint density at radius 3 is 2.72 bits per heavy atom. The molecular formula is C17H21N7S. The van der Waals surface area contributed by atoms with Gasteiger partial charge < -0.3 is 14.8 Å². The van der Waals surface area contributed by atoms with Crippen LogP contribution in [0.1, 0.15) is 17.8 Å². The Labute approximate surface area is 150 Å². The first kappa shape index (κ1) is 15.1. The fourth-order valence-electron chi connectivity index (χ4n) is 4.47. The highest BCUT2D eigenvalue weighted by atomic mass is 32.1. The van der Waals surface area contributed by atoms with E-state index in [1.807, 2.05) is 13.1 Å². The average Bonchev–Trinajstić information content (AvgIpc) is 3.35. The normalized spacial score (nSPS) is 25.7. The predicted molar refractivity (Wildman–Crippen MR) is 99.2 cm³/mol. The molecule has 5 rings (SSSR count). The number of aromatic amines is 1. The van der Waals surface area contributed by atoms with E-state index in [9.17, 15) is 0 Å². The van der Waals surface area contributed by atoms with E-state index < -0.39 is 0 Å². The summed E-state index contributed by atoms with van der Waals surface area (Å²) in [6, 6.07) is 2.61. The minimum atomic E-state index is 0.543. The van der Waals surface area contributed by atoms with E-state index in [4.69, 9.17) is 0 Å². The van der Waals surface area contributed by atoms with Crippen LogP contribution in [0.15, 0.2) is 18.6 Å². The molecule has 1 N–H and O–H groups in total. The highest BCUT2D eigenvalue weighted by Crippen LogP contribution is 2.43. The molecule has 1 aliphatic carbocycles. The monoisotopic (exact) mass is 355 g/mol. The van der Waals surface area contributed by atoms with Crippen molar-refractivity contribution in [2.75, 3.05) is 29.9 Å². The number of hydrogen-bond acceptors (Lipinski definition) is 7. The maximum Gasteiger partial charge on any atom is 0.208 e. The molecule has 4 heterocycles. The Balaban J connectivity index is 1.32. The lowest BCUT2D eigenvalue weighted by Crippen LogP contribution is -2.32. The fourth-order valence-corrected chi connectivity index (χ4v) is 5.17. The molecule has 7 nitrogen and oxygen atoms in total. The molecule has 25 heavy (non-hydrogen) atoms. The van der Waals surface area contributed by atoms with Gasteiger partial charge in [0.2, 0.25) is 5.13 Å². The standard InChI is InChI=1S/C17H21N7S/c1-10-21-22-17(25-10)24-7-11-5-13(6-12(11)8-24)23(2)16-14-3-4-18-15(14)19-9-20-16/h3-4,9,11-13H,5-8H2,1-2H3,(H,18,19,20)/t11-,12+,13-. The highest BCUT2D eigenvalue weighted by Gasteiger charge is 2.43. The molecule has 1 aliphatic heterocycles. The van der Waals surface area contributed by atoms with Crippen molar-refractivity contribution in [1.82, 2.24) is 25.1 Å². The van der Waals surface area contributed by atoms with Gasteiger partial charge in [0.1, 0.15) is 22.8 Å². The molecule has 8 heteroatoms. The number of aromatic nitrogens is 5. The van der Waals surface area contributed by atoms with Crippen molar-refractivity contribution in [2.45, 2.75) is 25.8 Å². The molecule has 1 saturated carbocycles. The van der Waals surface area contributed by atoms with Crippen LogP contribution in [0.5, 0.6) is 0 Å². The maximum atomic E-state index is 4.55. The van der Waals surface area contributed by atoms with E-state index in [1.54, 1.807) is 17.7 Å². The number of hydrogen-bond donors (Lipinski definition) is 1. The Kier molecular flexibility index (Phi) is 3.41. The zero-order valence-electron chi connectivity index (χ0n) is 14.4. The van der Waals surface area contributed by atoms with Gasteiger partial charge in [-0.3, -0.25) is 0 Å². The lowest BCUT2D eigenvalue weighted by atomic mass is 10.0. The van der Waals surface area contributed by atoms with Crippen LogP contribution in [0.25, 0.3) is 11.0 Å². The van der Waals surface area contributed by atoms with Crippen molar-refractivity contribution < 1.29 is 0 Å². The Morgan fingerprint density at radius 2 is 2.00 bits per heavy atom. The number of nitrogens with zero attached hydrogens (tertiary/aromatic N) is 6. The third-order valence-electron chi connectivity index (χ3n) is 5.73. The Hall–Kier alpha value is -2.22. The van der Waals surface area contributed by atoms with Gasteiger partial charge in [0.25, 0.3) is 0 Å². The number of aryl methyl sites for hydroxylation is 1. The minimum Gasteiger partial charge on any atom is -0.356 e. The van der Waals surface area contributed by atoms with Crippen molar-refractivity contribution in [3.63, 3.8) is 0 Å². The number of anilines is 2. The zero-order chi connectivity index (χ0) is 17.0. The van der Waals surface area contributed by atoms with Crippen LogP contribution >= 0.6 is 11.3 Å². The molecule has 3 aromatic rings. The summed E-state index contributed by atoms with van der Waals surface area (Å²) in [5.41, 5.74) is 0.910. The molecule has 0 radical (unpaired) electrons. The van der Waals surface area contributed by atoms with E-state index in [1.165, 1.54) is 12.8 Å². The van der Waals surface area contributed by atoms with E-state index >= 15 is 0 Å². The van der Waals surface area contributed by atoms with Gasteiger partial charge in [-0.1, -0.05) is 11.3 Å². The first-order chi connectivity index (χ1) is 12.2. The van der Waals surface area contributed by atoms with Crippen LogP contribution in [0.2, 0.25) is 0 Å². The molecule has 0 aromatic carbocycles. The Bertz CT molecular complexity index is 889. The van der Waals surface area contributed by atoms with Gasteiger partial charge >= 0.3 is 0 Å². The third-order valence-corrected chi connectivity index (χ3v) is 6.63. The summed E-state index contributed by atoms with van der Waals surface area (Å²) >= 11 is 1.70. The van der Waals surface area contributed by atoms with Crippen LogP contribution in [-0.2, 0) is 0 Å². The molecule has 3 aromatic heterocycles. The largest absolute Gasteiger partial charge is 0.356 e. The maximum absolute atomic E-state index is 4.55. The van der Waals surface area contributed by atoms with Crippen LogP contribution < -0.4 is 9.80 Å². The van der Waals surface area contributed by atoms with E-state index in [-0.39, 0.29) is 0 Å². The van der Waals surface area contributed by atoms with Gasteiger partial charge in [-0.2, -0.15) is 0 Å². The van der Waals surface area contributed by atoms with Gasteiger partial charge in [-0.15, -0.1) is 10.2 Å². The summed E-state index contributed by atoms with van der Waals surface area (Å²) < 4.78 is 0. The van der Waals surface area contributed by atoms with Gasteiger partial charge in [0.15, 0.2) is 0 Å². The molecule has 3 atom stereocenters. The van der Waals surface area contributed by atoms with E-state index in [0.29, 0.717) is 6.04 Å². The van der Waals surface area contributed by atoms with E-state index in [2.05, 4.69) is 48.1 Å². The van der Waals surface area contributed by atoms with Gasteiger partial charge in [-0.25, -0.2) is 9.97 Å².